The number of rotatable bonds is 4. The first-order valence-corrected chi connectivity index (χ1v) is 7.63. The second-order valence-corrected chi connectivity index (χ2v) is 5.92. The van der Waals surface area contributed by atoms with Gasteiger partial charge < -0.3 is 14.6 Å². The molecule has 1 aromatic carbocycles. The fourth-order valence-corrected chi connectivity index (χ4v) is 2.67. The highest BCUT2D eigenvalue weighted by Crippen LogP contribution is 2.19. The summed E-state index contributed by atoms with van der Waals surface area (Å²) in [5.41, 5.74) is 4.04. The number of benzene rings is 1. The average molecular weight is 326 g/mol. The Morgan fingerprint density at radius 1 is 1.25 bits per heavy atom. The number of amides is 1. The molecule has 0 atom stereocenters. The largest absolute Gasteiger partial charge is 0.377 e. The maximum Gasteiger partial charge on any atom is 0.251 e. The van der Waals surface area contributed by atoms with Crippen molar-refractivity contribution < 1.29 is 9.18 Å². The monoisotopic (exact) mass is 326 g/mol. The molecule has 0 aliphatic rings. The van der Waals surface area contributed by atoms with Crippen molar-refractivity contribution in [3.63, 3.8) is 0 Å². The van der Waals surface area contributed by atoms with Crippen LogP contribution in [-0.4, -0.2) is 29.4 Å². The van der Waals surface area contributed by atoms with E-state index in [0.717, 1.165) is 11.3 Å². The predicted molar refractivity (Wildman–Crippen MR) is 91.8 cm³/mol. The lowest BCUT2D eigenvalue weighted by Gasteiger charge is -2.16. The maximum atomic E-state index is 13.2. The van der Waals surface area contributed by atoms with Gasteiger partial charge >= 0.3 is 0 Å². The molecule has 3 aromatic rings. The Kier molecular flexibility index (Phi) is 4.20. The van der Waals surface area contributed by atoms with Gasteiger partial charge in [-0.1, -0.05) is 0 Å². The summed E-state index contributed by atoms with van der Waals surface area (Å²) in [6.07, 6.45) is 3.07. The van der Waals surface area contributed by atoms with Gasteiger partial charge in [-0.2, -0.15) is 0 Å². The Morgan fingerprint density at radius 3 is 2.75 bits per heavy atom. The molecule has 1 N–H and O–H groups in total. The highest BCUT2D eigenvalue weighted by molar-refractivity contribution is 5.94. The number of imidazole rings is 1. The van der Waals surface area contributed by atoms with Crippen LogP contribution in [0, 0.1) is 12.7 Å². The number of pyridine rings is 1. The van der Waals surface area contributed by atoms with Gasteiger partial charge in [-0.3, -0.25) is 4.79 Å². The van der Waals surface area contributed by atoms with Gasteiger partial charge in [0, 0.05) is 37.7 Å². The number of carbonyl (C=O) groups excluding carboxylic acids is 1. The number of carbonyl (C=O) groups is 1. The van der Waals surface area contributed by atoms with E-state index < -0.39 is 0 Å². The molecular formula is C18H19FN4O. The molecule has 0 aliphatic heterocycles. The molecule has 2 aromatic heterocycles. The van der Waals surface area contributed by atoms with Gasteiger partial charge in [0.2, 0.25) is 0 Å². The third-order valence-electron chi connectivity index (χ3n) is 3.84. The molecule has 5 nitrogen and oxygen atoms in total. The van der Waals surface area contributed by atoms with Crippen LogP contribution in [0.25, 0.3) is 5.65 Å². The number of anilines is 1. The minimum Gasteiger partial charge on any atom is -0.377 e. The number of nitrogens with zero attached hydrogens (tertiary/aromatic N) is 3. The second-order valence-electron chi connectivity index (χ2n) is 5.92. The van der Waals surface area contributed by atoms with Gasteiger partial charge in [0.25, 0.3) is 5.91 Å². The molecule has 0 saturated carbocycles. The molecular weight excluding hydrogens is 307 g/mol. The first kappa shape index (κ1) is 16.0. The van der Waals surface area contributed by atoms with Crippen LogP contribution in [0.5, 0.6) is 0 Å². The molecule has 24 heavy (non-hydrogen) atoms. The van der Waals surface area contributed by atoms with Gasteiger partial charge in [-0.05, 0) is 42.8 Å². The summed E-state index contributed by atoms with van der Waals surface area (Å²) in [5.74, 6) is -0.487. The van der Waals surface area contributed by atoms with Crippen molar-refractivity contribution in [1.29, 1.82) is 0 Å². The van der Waals surface area contributed by atoms with E-state index in [2.05, 4.69) is 10.3 Å². The zero-order valence-electron chi connectivity index (χ0n) is 13.9. The zero-order valence-corrected chi connectivity index (χ0v) is 13.9. The zero-order chi connectivity index (χ0) is 17.3. The second kappa shape index (κ2) is 6.31. The quantitative estimate of drug-likeness (QED) is 0.802. The van der Waals surface area contributed by atoms with E-state index >= 15 is 0 Å². The molecule has 0 radical (unpaired) electrons. The van der Waals surface area contributed by atoms with E-state index in [4.69, 9.17) is 0 Å². The lowest BCUT2D eigenvalue weighted by atomic mass is 10.1. The van der Waals surface area contributed by atoms with Gasteiger partial charge in [0.15, 0.2) is 0 Å². The minimum absolute atomic E-state index is 0.161. The number of nitrogens with one attached hydrogen (secondary N) is 1. The average Bonchev–Trinajstić information content (AvgIpc) is 2.94. The molecule has 2 heterocycles. The normalized spacial score (nSPS) is 10.8. The van der Waals surface area contributed by atoms with E-state index in [1.54, 1.807) is 22.7 Å². The van der Waals surface area contributed by atoms with E-state index in [9.17, 15) is 9.18 Å². The van der Waals surface area contributed by atoms with Crippen LogP contribution >= 0.6 is 0 Å². The third kappa shape index (κ3) is 3.22. The molecule has 0 saturated heterocycles. The van der Waals surface area contributed by atoms with Gasteiger partial charge in [0.05, 0.1) is 12.2 Å². The number of hydrogen-bond donors (Lipinski definition) is 1. The van der Waals surface area contributed by atoms with Crippen LogP contribution in [0.15, 0.2) is 42.7 Å². The molecule has 0 spiro atoms. The van der Waals surface area contributed by atoms with Crippen LogP contribution in [-0.2, 0) is 6.54 Å². The van der Waals surface area contributed by atoms with Gasteiger partial charge in [-0.15, -0.1) is 0 Å². The van der Waals surface area contributed by atoms with Crippen molar-refractivity contribution in [2.45, 2.75) is 13.5 Å². The number of halogens is 1. The lowest BCUT2D eigenvalue weighted by Crippen LogP contribution is -2.23. The van der Waals surface area contributed by atoms with Gasteiger partial charge in [-0.25, -0.2) is 9.37 Å². The van der Waals surface area contributed by atoms with Crippen molar-refractivity contribution in [3.05, 3.63) is 65.4 Å². The Labute approximate surface area is 139 Å². The Morgan fingerprint density at radius 2 is 2.04 bits per heavy atom. The number of aryl methyl sites for hydroxylation is 1. The predicted octanol–water partition coefficient (Wildman–Crippen LogP) is 2.78. The van der Waals surface area contributed by atoms with Crippen LogP contribution in [0.1, 0.15) is 21.6 Å². The third-order valence-corrected chi connectivity index (χ3v) is 3.84. The molecule has 0 unspecified atom stereocenters. The van der Waals surface area contributed by atoms with Crippen molar-refractivity contribution in [2.24, 2.45) is 0 Å². The van der Waals surface area contributed by atoms with E-state index in [-0.39, 0.29) is 18.3 Å². The topological polar surface area (TPSA) is 49.6 Å². The first-order valence-electron chi connectivity index (χ1n) is 7.63. The summed E-state index contributed by atoms with van der Waals surface area (Å²) in [5, 5.41) is 2.84. The fraction of sp³-hybridized carbons (Fsp3) is 0.222. The van der Waals surface area contributed by atoms with Crippen LogP contribution in [0.4, 0.5) is 10.1 Å². The molecule has 1 amide bonds. The molecule has 6 heteroatoms. The van der Waals surface area contributed by atoms with Crippen LogP contribution in [0.2, 0.25) is 0 Å². The Balaban J connectivity index is 1.71. The standard InChI is InChI=1S/C18H19FN4O/c1-12-8-13(4-6-16(12)22(2)3)18(24)20-9-15-11-23-10-14(19)5-7-17(23)21-15/h4-8,10-11H,9H2,1-3H3,(H,20,24). The van der Waals surface area contributed by atoms with Crippen LogP contribution in [0.3, 0.4) is 0 Å². The number of fused-ring (bicyclic) bond motifs is 1. The summed E-state index contributed by atoms with van der Waals surface area (Å²) in [7, 11) is 3.93. The van der Waals surface area contributed by atoms with Crippen molar-refractivity contribution in [3.8, 4) is 0 Å². The van der Waals surface area contributed by atoms with E-state index in [0.29, 0.717) is 16.9 Å². The fourth-order valence-electron chi connectivity index (χ4n) is 2.67. The summed E-state index contributed by atoms with van der Waals surface area (Å²) in [6, 6.07) is 8.56. The molecule has 0 fully saturated rings. The Hall–Kier alpha value is -2.89. The molecule has 0 aliphatic carbocycles. The molecule has 124 valence electrons. The minimum atomic E-state index is -0.327. The summed E-state index contributed by atoms with van der Waals surface area (Å²) >= 11 is 0. The van der Waals surface area contributed by atoms with Crippen molar-refractivity contribution in [1.82, 2.24) is 14.7 Å². The summed E-state index contributed by atoms with van der Waals surface area (Å²) in [6.45, 7) is 2.26. The molecule has 0 bridgehead atoms. The summed E-state index contributed by atoms with van der Waals surface area (Å²) < 4.78 is 14.8. The highest BCUT2D eigenvalue weighted by Gasteiger charge is 2.10. The van der Waals surface area contributed by atoms with E-state index in [1.165, 1.54) is 12.3 Å². The van der Waals surface area contributed by atoms with Crippen molar-refractivity contribution >= 4 is 17.2 Å². The highest BCUT2D eigenvalue weighted by atomic mass is 19.1. The molecule has 3 rings (SSSR count). The summed E-state index contributed by atoms with van der Waals surface area (Å²) in [4.78, 5) is 18.7. The van der Waals surface area contributed by atoms with Crippen molar-refractivity contribution in [2.75, 3.05) is 19.0 Å². The maximum absolute atomic E-state index is 13.2. The van der Waals surface area contributed by atoms with E-state index in [1.807, 2.05) is 38.1 Å². The number of hydrogen-bond acceptors (Lipinski definition) is 3. The van der Waals surface area contributed by atoms with Crippen LogP contribution < -0.4 is 10.2 Å². The number of aromatic nitrogens is 2. The van der Waals surface area contributed by atoms with Gasteiger partial charge in [0.1, 0.15) is 11.5 Å². The Bertz CT molecular complexity index is 901. The SMILES string of the molecule is Cc1cc(C(=O)NCc2cn3cc(F)ccc3n2)ccc1N(C)C. The lowest BCUT2D eigenvalue weighted by molar-refractivity contribution is 0.0950. The smallest absolute Gasteiger partial charge is 0.251 e. The first-order chi connectivity index (χ1) is 11.4.